The average molecular weight is 676 g/mol. The van der Waals surface area contributed by atoms with Crippen LogP contribution < -0.4 is 10.7 Å². The van der Waals surface area contributed by atoms with Gasteiger partial charge in [-0.05, 0) is 31.5 Å². The minimum absolute atomic E-state index is 0.0581. The lowest BCUT2D eigenvalue weighted by molar-refractivity contribution is -0.145. The molecule has 2 N–H and O–H groups in total. The van der Waals surface area contributed by atoms with Crippen LogP contribution in [0.25, 0.3) is 10.9 Å². The first-order chi connectivity index (χ1) is 23.0. The SMILES string of the molecule is CNN(C)Cc1cc2ccccc2n1CCC(=O)NCC(=O)N(CCOC)CC(=O)N(CCOC)CC(=O)N(CCOC)CCC(C)=O. The average Bonchev–Trinajstić information content (AvgIpc) is 3.42. The molecule has 2 aromatic rings. The van der Waals surface area contributed by atoms with Crippen LogP contribution in [0.2, 0.25) is 0 Å². The zero-order valence-corrected chi connectivity index (χ0v) is 29.3. The number of para-hydroxylation sites is 1. The zero-order valence-electron chi connectivity index (χ0n) is 29.3. The van der Waals surface area contributed by atoms with E-state index < -0.39 is 11.8 Å². The van der Waals surface area contributed by atoms with Gasteiger partial charge in [0.05, 0.1) is 46.0 Å². The van der Waals surface area contributed by atoms with Crippen LogP contribution in [0.4, 0.5) is 0 Å². The number of rotatable bonds is 24. The molecule has 1 aromatic heterocycles. The van der Waals surface area contributed by atoms with Crippen molar-refractivity contribution >= 4 is 40.3 Å². The molecule has 0 saturated heterocycles. The van der Waals surface area contributed by atoms with Crippen LogP contribution in [0.5, 0.6) is 0 Å². The van der Waals surface area contributed by atoms with Crippen molar-refractivity contribution in [3.63, 3.8) is 0 Å². The van der Waals surface area contributed by atoms with Gasteiger partial charge in [-0.1, -0.05) is 18.2 Å². The number of hydrogen-bond donors (Lipinski definition) is 2. The molecule has 15 nitrogen and oxygen atoms in total. The minimum atomic E-state index is -0.465. The van der Waals surface area contributed by atoms with Gasteiger partial charge in [-0.15, -0.1) is 0 Å². The van der Waals surface area contributed by atoms with Crippen molar-refractivity contribution in [3.8, 4) is 0 Å². The molecule has 0 radical (unpaired) electrons. The second-order valence-electron chi connectivity index (χ2n) is 11.4. The van der Waals surface area contributed by atoms with Gasteiger partial charge < -0.3 is 38.8 Å². The Balaban J connectivity index is 2.06. The third kappa shape index (κ3) is 13.7. The Kier molecular flexibility index (Phi) is 18.4. The van der Waals surface area contributed by atoms with E-state index in [1.54, 1.807) is 0 Å². The van der Waals surface area contributed by atoms with E-state index in [1.807, 2.05) is 43.4 Å². The van der Waals surface area contributed by atoms with Gasteiger partial charge in [0.2, 0.25) is 23.6 Å². The molecule has 1 heterocycles. The zero-order chi connectivity index (χ0) is 35.5. The van der Waals surface area contributed by atoms with Crippen LogP contribution >= 0.6 is 0 Å². The molecule has 268 valence electrons. The number of benzene rings is 1. The maximum absolute atomic E-state index is 13.5. The fourth-order valence-electron chi connectivity index (χ4n) is 4.94. The number of hydrogen-bond acceptors (Lipinski definition) is 10. The number of ether oxygens (including phenoxy) is 3. The number of nitrogens with zero attached hydrogens (tertiary/aromatic N) is 5. The van der Waals surface area contributed by atoms with Crippen LogP contribution in [0, 0.1) is 0 Å². The van der Waals surface area contributed by atoms with Crippen molar-refractivity contribution in [2.75, 3.05) is 101 Å². The van der Waals surface area contributed by atoms with E-state index in [0.717, 1.165) is 16.6 Å². The lowest BCUT2D eigenvalue weighted by atomic mass is 10.2. The predicted octanol–water partition coefficient (Wildman–Crippen LogP) is 0.118. The Morgan fingerprint density at radius 3 is 1.92 bits per heavy atom. The molecule has 0 unspecified atom stereocenters. The summed E-state index contributed by atoms with van der Waals surface area (Å²) in [4.78, 5) is 68.5. The summed E-state index contributed by atoms with van der Waals surface area (Å²) in [5, 5.41) is 5.71. The van der Waals surface area contributed by atoms with E-state index in [-0.39, 0.29) is 96.1 Å². The second-order valence-corrected chi connectivity index (χ2v) is 11.4. The van der Waals surface area contributed by atoms with Crippen molar-refractivity contribution in [3.05, 3.63) is 36.0 Å². The summed E-state index contributed by atoms with van der Waals surface area (Å²) < 4.78 is 17.5. The number of aryl methyl sites for hydroxylation is 1. The maximum Gasteiger partial charge on any atom is 0.242 e. The van der Waals surface area contributed by atoms with Gasteiger partial charge in [-0.2, -0.15) is 0 Å². The molecule has 0 fully saturated rings. The van der Waals surface area contributed by atoms with E-state index in [2.05, 4.69) is 21.4 Å². The van der Waals surface area contributed by atoms with Gasteiger partial charge in [-0.25, -0.2) is 5.01 Å². The molecule has 0 aliphatic rings. The summed E-state index contributed by atoms with van der Waals surface area (Å²) in [5.74, 6) is -1.64. The lowest BCUT2D eigenvalue weighted by Crippen LogP contribution is -2.50. The molecule has 0 bridgehead atoms. The Bertz CT molecular complexity index is 1330. The number of amides is 4. The van der Waals surface area contributed by atoms with Crippen LogP contribution in [-0.4, -0.2) is 155 Å². The largest absolute Gasteiger partial charge is 0.383 e. The Morgan fingerprint density at radius 2 is 1.33 bits per heavy atom. The highest BCUT2D eigenvalue weighted by atomic mass is 16.5. The molecule has 15 heteroatoms. The van der Waals surface area contributed by atoms with Crippen molar-refractivity contribution in [1.82, 2.24) is 35.0 Å². The second kappa shape index (κ2) is 21.9. The molecule has 0 aliphatic carbocycles. The van der Waals surface area contributed by atoms with Gasteiger partial charge in [0.25, 0.3) is 0 Å². The fraction of sp³-hybridized carbons (Fsp3) is 0.606. The van der Waals surface area contributed by atoms with E-state index in [9.17, 15) is 24.0 Å². The maximum atomic E-state index is 13.5. The monoisotopic (exact) mass is 675 g/mol. The third-order valence-corrected chi connectivity index (χ3v) is 7.82. The summed E-state index contributed by atoms with van der Waals surface area (Å²) in [6, 6.07) is 10.1. The molecule has 48 heavy (non-hydrogen) atoms. The summed E-state index contributed by atoms with van der Waals surface area (Å²) in [6.45, 7) is 2.95. The highest BCUT2D eigenvalue weighted by Crippen LogP contribution is 2.21. The normalized spacial score (nSPS) is 11.1. The number of hydrazine groups is 1. The molecule has 0 saturated carbocycles. The molecule has 1 aromatic carbocycles. The Labute approximate surface area is 283 Å². The third-order valence-electron chi connectivity index (χ3n) is 7.82. The quantitative estimate of drug-likeness (QED) is 0.147. The summed E-state index contributed by atoms with van der Waals surface area (Å²) >= 11 is 0. The highest BCUT2D eigenvalue weighted by molar-refractivity contribution is 5.90. The number of fused-ring (bicyclic) bond motifs is 1. The Morgan fingerprint density at radius 1 is 0.771 bits per heavy atom. The summed E-state index contributed by atoms with van der Waals surface area (Å²) in [7, 11) is 8.26. The topological polar surface area (TPSA) is 155 Å². The number of carbonyl (C=O) groups is 5. The summed E-state index contributed by atoms with van der Waals surface area (Å²) in [5.41, 5.74) is 5.15. The molecule has 4 amide bonds. The van der Waals surface area contributed by atoms with Crippen LogP contribution in [-0.2, 0) is 51.3 Å². The molecule has 0 aliphatic heterocycles. The Hall–Kier alpha value is -3.89. The first kappa shape index (κ1) is 40.3. The molecular weight excluding hydrogens is 622 g/mol. The van der Waals surface area contributed by atoms with Crippen molar-refractivity contribution in [1.29, 1.82) is 0 Å². The van der Waals surface area contributed by atoms with Crippen LogP contribution in [0.15, 0.2) is 30.3 Å². The first-order valence-corrected chi connectivity index (χ1v) is 16.1. The minimum Gasteiger partial charge on any atom is -0.383 e. The van der Waals surface area contributed by atoms with Crippen molar-refractivity contribution < 1.29 is 38.2 Å². The highest BCUT2D eigenvalue weighted by Gasteiger charge is 2.25. The standard InChI is InChI=1S/C33H53N7O8/c1-26(41)11-13-37(15-18-46-4)32(44)24-39(17-20-48-6)33(45)25-38(16-19-47-5)31(43)22-35-30(42)12-14-40-28(23-36(3)34-2)21-27-9-7-8-10-29(27)40/h7-10,21,34H,11-20,22-25H2,1-6H3,(H,35,42). The van der Waals surface area contributed by atoms with E-state index in [1.165, 1.54) is 43.0 Å². The fourth-order valence-corrected chi connectivity index (χ4v) is 4.94. The number of Topliss-reactive ketones (excluding diaryl/α,β-unsaturated/α-hetero) is 1. The van der Waals surface area contributed by atoms with Gasteiger partial charge >= 0.3 is 0 Å². The predicted molar refractivity (Wildman–Crippen MR) is 181 cm³/mol. The number of carbonyl (C=O) groups excluding carboxylic acids is 5. The van der Waals surface area contributed by atoms with Gasteiger partial charge in [0.15, 0.2) is 0 Å². The smallest absolute Gasteiger partial charge is 0.242 e. The van der Waals surface area contributed by atoms with E-state index in [0.29, 0.717) is 13.1 Å². The van der Waals surface area contributed by atoms with Crippen LogP contribution in [0.1, 0.15) is 25.5 Å². The van der Waals surface area contributed by atoms with Gasteiger partial charge in [-0.3, -0.25) is 29.4 Å². The van der Waals surface area contributed by atoms with Gasteiger partial charge in [0.1, 0.15) is 5.78 Å². The number of aromatic nitrogens is 1. The number of ketones is 1. The first-order valence-electron chi connectivity index (χ1n) is 16.1. The van der Waals surface area contributed by atoms with E-state index >= 15 is 0 Å². The number of nitrogens with one attached hydrogen (secondary N) is 2. The van der Waals surface area contributed by atoms with Crippen molar-refractivity contribution in [2.45, 2.75) is 32.9 Å². The molecule has 0 spiro atoms. The summed E-state index contributed by atoms with van der Waals surface area (Å²) in [6.07, 6.45) is 0.332. The molecule has 2 rings (SSSR count). The van der Waals surface area contributed by atoms with Crippen LogP contribution in [0.3, 0.4) is 0 Å². The number of methoxy groups -OCH3 is 3. The van der Waals surface area contributed by atoms with Gasteiger partial charge in [0, 0.05) is 85.2 Å². The van der Waals surface area contributed by atoms with Crippen molar-refractivity contribution in [2.24, 2.45) is 0 Å². The van der Waals surface area contributed by atoms with E-state index in [4.69, 9.17) is 14.2 Å². The lowest BCUT2D eigenvalue weighted by Gasteiger charge is -2.29. The molecule has 0 atom stereocenters. The molecular formula is C33H53N7O8.